The van der Waals surface area contributed by atoms with Crippen molar-refractivity contribution in [2.45, 2.75) is 20.3 Å². The summed E-state index contributed by atoms with van der Waals surface area (Å²) in [6.45, 7) is 8.01. The number of likely N-dealkylation sites (N-methyl/N-ethyl adjacent to an activating group) is 1. The fraction of sp³-hybridized carbons (Fsp3) is 0.692. The van der Waals surface area contributed by atoms with Gasteiger partial charge in [0.1, 0.15) is 5.82 Å². The maximum atomic E-state index is 4.60. The predicted octanol–water partition coefficient (Wildman–Crippen LogP) is 2.45. The number of halogens is 1. The van der Waals surface area contributed by atoms with E-state index in [0.717, 1.165) is 42.9 Å². The molecule has 0 aromatic carbocycles. The highest BCUT2D eigenvalue weighted by atomic mass is 79.9. The van der Waals surface area contributed by atoms with Crippen LogP contribution < -0.4 is 10.2 Å². The van der Waals surface area contributed by atoms with Crippen LogP contribution >= 0.6 is 15.9 Å². The summed E-state index contributed by atoms with van der Waals surface area (Å²) in [5.41, 5.74) is 0. The molecule has 1 aromatic heterocycles. The molecule has 0 radical (unpaired) electrons. The van der Waals surface area contributed by atoms with Crippen LogP contribution in [0.1, 0.15) is 20.3 Å². The second-order valence-corrected chi connectivity index (χ2v) is 5.54. The number of aromatic nitrogens is 2. The molecule has 0 amide bonds. The van der Waals surface area contributed by atoms with Gasteiger partial charge in [-0.2, -0.15) is 4.98 Å². The molecule has 5 nitrogen and oxygen atoms in total. The van der Waals surface area contributed by atoms with Gasteiger partial charge in [0.15, 0.2) is 0 Å². The second-order valence-electron chi connectivity index (χ2n) is 4.69. The molecule has 0 aliphatic heterocycles. The van der Waals surface area contributed by atoms with Gasteiger partial charge in [-0.3, -0.25) is 0 Å². The Kier molecular flexibility index (Phi) is 7.09. The van der Waals surface area contributed by atoms with Crippen LogP contribution in [0.15, 0.2) is 10.7 Å². The average molecular weight is 330 g/mol. The maximum Gasteiger partial charge on any atom is 0.224 e. The zero-order valence-corrected chi connectivity index (χ0v) is 13.9. The topological polar surface area (TPSA) is 44.3 Å². The fourth-order valence-corrected chi connectivity index (χ4v) is 2.18. The van der Waals surface area contributed by atoms with Gasteiger partial charge in [-0.05, 0) is 43.4 Å². The van der Waals surface area contributed by atoms with E-state index in [4.69, 9.17) is 0 Å². The van der Waals surface area contributed by atoms with Crippen molar-refractivity contribution >= 4 is 27.7 Å². The van der Waals surface area contributed by atoms with E-state index in [0.29, 0.717) is 5.95 Å². The van der Waals surface area contributed by atoms with Gasteiger partial charge >= 0.3 is 0 Å². The minimum absolute atomic E-state index is 0.687. The molecule has 19 heavy (non-hydrogen) atoms. The minimum Gasteiger partial charge on any atom is -0.354 e. The first kappa shape index (κ1) is 16.2. The highest BCUT2D eigenvalue weighted by molar-refractivity contribution is 9.10. The lowest BCUT2D eigenvalue weighted by Gasteiger charge is -2.26. The number of rotatable bonds is 8. The first-order valence-electron chi connectivity index (χ1n) is 6.74. The molecule has 1 N–H and O–H groups in total. The van der Waals surface area contributed by atoms with Crippen molar-refractivity contribution < 1.29 is 0 Å². The lowest BCUT2D eigenvalue weighted by Crippen LogP contribution is -2.33. The standard InChI is InChI=1S/C13H24BrN5/c1-5-7-19(9-8-18(3)4)12-11(14)10-16-13(17-12)15-6-2/h10H,5-9H2,1-4H3,(H,15,16,17). The van der Waals surface area contributed by atoms with Crippen LogP contribution in [0.2, 0.25) is 0 Å². The first-order valence-corrected chi connectivity index (χ1v) is 7.53. The van der Waals surface area contributed by atoms with Crippen molar-refractivity contribution in [2.75, 3.05) is 50.5 Å². The van der Waals surface area contributed by atoms with E-state index >= 15 is 0 Å². The molecule has 0 aliphatic carbocycles. The minimum atomic E-state index is 0.687. The Bertz CT molecular complexity index is 383. The maximum absolute atomic E-state index is 4.60. The van der Waals surface area contributed by atoms with Crippen LogP contribution in [0.4, 0.5) is 11.8 Å². The largest absolute Gasteiger partial charge is 0.354 e. The van der Waals surface area contributed by atoms with Crippen molar-refractivity contribution in [3.05, 3.63) is 10.7 Å². The zero-order valence-electron chi connectivity index (χ0n) is 12.3. The molecule has 0 bridgehead atoms. The highest BCUT2D eigenvalue weighted by Gasteiger charge is 2.13. The summed E-state index contributed by atoms with van der Waals surface area (Å²) in [4.78, 5) is 13.3. The smallest absolute Gasteiger partial charge is 0.224 e. The molecule has 1 heterocycles. The monoisotopic (exact) mass is 329 g/mol. The van der Waals surface area contributed by atoms with E-state index < -0.39 is 0 Å². The Balaban J connectivity index is 2.89. The van der Waals surface area contributed by atoms with Crippen LogP contribution in [-0.2, 0) is 0 Å². The molecule has 0 saturated carbocycles. The Hall–Kier alpha value is -0.880. The average Bonchev–Trinajstić information content (AvgIpc) is 2.37. The number of anilines is 2. The third-order valence-corrected chi connectivity index (χ3v) is 3.23. The summed E-state index contributed by atoms with van der Waals surface area (Å²) >= 11 is 3.55. The molecule has 0 saturated heterocycles. The van der Waals surface area contributed by atoms with Gasteiger partial charge < -0.3 is 15.1 Å². The Labute approximate surface area is 124 Å². The summed E-state index contributed by atoms with van der Waals surface area (Å²) in [5.74, 6) is 1.65. The van der Waals surface area contributed by atoms with Crippen molar-refractivity contribution in [1.29, 1.82) is 0 Å². The molecule has 1 rings (SSSR count). The summed E-state index contributed by atoms with van der Waals surface area (Å²) in [6, 6.07) is 0. The summed E-state index contributed by atoms with van der Waals surface area (Å²) < 4.78 is 0.946. The summed E-state index contributed by atoms with van der Waals surface area (Å²) in [6.07, 6.45) is 2.92. The van der Waals surface area contributed by atoms with E-state index in [1.54, 1.807) is 0 Å². The van der Waals surface area contributed by atoms with Gasteiger partial charge in [0.05, 0.1) is 4.47 Å². The van der Waals surface area contributed by atoms with Crippen LogP contribution in [-0.4, -0.2) is 55.1 Å². The van der Waals surface area contributed by atoms with E-state index in [2.05, 4.69) is 62.0 Å². The van der Waals surface area contributed by atoms with Gasteiger partial charge in [-0.15, -0.1) is 0 Å². The normalized spacial score (nSPS) is 10.8. The molecule has 108 valence electrons. The van der Waals surface area contributed by atoms with Crippen LogP contribution in [0.25, 0.3) is 0 Å². The molecule has 0 spiro atoms. The van der Waals surface area contributed by atoms with Gasteiger partial charge in [0.2, 0.25) is 5.95 Å². The Morgan fingerprint density at radius 3 is 2.53 bits per heavy atom. The van der Waals surface area contributed by atoms with Gasteiger partial charge in [-0.1, -0.05) is 6.92 Å². The Morgan fingerprint density at radius 2 is 1.95 bits per heavy atom. The summed E-state index contributed by atoms with van der Waals surface area (Å²) in [5, 5.41) is 3.16. The predicted molar refractivity (Wildman–Crippen MR) is 85.0 cm³/mol. The van der Waals surface area contributed by atoms with E-state index in [9.17, 15) is 0 Å². The zero-order chi connectivity index (χ0) is 14.3. The third kappa shape index (κ3) is 5.32. The Morgan fingerprint density at radius 1 is 1.21 bits per heavy atom. The quantitative estimate of drug-likeness (QED) is 0.793. The van der Waals surface area contributed by atoms with Crippen LogP contribution in [0, 0.1) is 0 Å². The molecule has 0 unspecified atom stereocenters. The van der Waals surface area contributed by atoms with Crippen LogP contribution in [0.5, 0.6) is 0 Å². The number of hydrogen-bond donors (Lipinski definition) is 1. The lowest BCUT2D eigenvalue weighted by atomic mass is 10.3. The number of hydrogen-bond acceptors (Lipinski definition) is 5. The molecular weight excluding hydrogens is 306 g/mol. The van der Waals surface area contributed by atoms with E-state index in [1.807, 2.05) is 13.1 Å². The van der Waals surface area contributed by atoms with Crippen LogP contribution in [0.3, 0.4) is 0 Å². The number of nitrogens with one attached hydrogen (secondary N) is 1. The molecule has 0 fully saturated rings. The number of nitrogens with zero attached hydrogens (tertiary/aromatic N) is 4. The molecule has 0 aliphatic rings. The molecule has 6 heteroatoms. The van der Waals surface area contributed by atoms with Crippen molar-refractivity contribution in [3.8, 4) is 0 Å². The van der Waals surface area contributed by atoms with Gasteiger partial charge in [0.25, 0.3) is 0 Å². The van der Waals surface area contributed by atoms with Crippen molar-refractivity contribution in [1.82, 2.24) is 14.9 Å². The van der Waals surface area contributed by atoms with E-state index in [1.165, 1.54) is 0 Å². The summed E-state index contributed by atoms with van der Waals surface area (Å²) in [7, 11) is 4.17. The second kappa shape index (κ2) is 8.32. The SMILES string of the molecule is CCCN(CCN(C)C)c1nc(NCC)ncc1Br. The fourth-order valence-electron chi connectivity index (χ4n) is 1.74. The highest BCUT2D eigenvalue weighted by Crippen LogP contribution is 2.24. The lowest BCUT2D eigenvalue weighted by molar-refractivity contribution is 0.412. The molecule has 0 atom stereocenters. The first-order chi connectivity index (χ1) is 9.08. The third-order valence-electron chi connectivity index (χ3n) is 2.67. The van der Waals surface area contributed by atoms with Crippen molar-refractivity contribution in [2.24, 2.45) is 0 Å². The molecule has 1 aromatic rings. The van der Waals surface area contributed by atoms with Gasteiger partial charge in [-0.25, -0.2) is 4.98 Å². The molecular formula is C13H24BrN5. The van der Waals surface area contributed by atoms with E-state index in [-0.39, 0.29) is 0 Å². The van der Waals surface area contributed by atoms with Gasteiger partial charge in [0, 0.05) is 32.4 Å². The van der Waals surface area contributed by atoms with Crippen molar-refractivity contribution in [3.63, 3.8) is 0 Å².